The first-order valence-corrected chi connectivity index (χ1v) is 6.32. The lowest BCUT2D eigenvalue weighted by molar-refractivity contribution is -0.0257. The molecule has 1 rings (SSSR count). The number of hydrogen-bond donors (Lipinski definition) is 0. The molecule has 0 aliphatic rings. The summed E-state index contributed by atoms with van der Waals surface area (Å²) >= 11 is 0.822. The zero-order valence-corrected chi connectivity index (χ0v) is 10.5. The summed E-state index contributed by atoms with van der Waals surface area (Å²) in [5.74, 6) is -0.802. The number of carbonyl (C=O) groups excluding carboxylic acids is 1. The van der Waals surface area contributed by atoms with Crippen LogP contribution < -0.4 is 0 Å². The molecule has 0 aliphatic carbocycles. The fourth-order valence-electron chi connectivity index (χ4n) is 0.866. The fourth-order valence-corrected chi connectivity index (χ4v) is 3.11. The molecule has 0 radical (unpaired) electrons. The minimum absolute atomic E-state index is 0.205. The number of hydrogen-bond acceptors (Lipinski definition) is 7. The molecular formula is C7H10N2O5S2. The van der Waals surface area contributed by atoms with Gasteiger partial charge in [-0.1, -0.05) is 4.47 Å². The zero-order valence-electron chi connectivity index (χ0n) is 8.83. The smallest absolute Gasteiger partial charge is 0.358 e. The van der Waals surface area contributed by atoms with Gasteiger partial charge in [0.1, 0.15) is 0 Å². The van der Waals surface area contributed by atoms with Gasteiger partial charge in [0.15, 0.2) is 9.90 Å². The van der Waals surface area contributed by atoms with Crippen LogP contribution in [0.1, 0.15) is 10.5 Å². The number of thiazole rings is 1. The van der Waals surface area contributed by atoms with Crippen LogP contribution in [0.3, 0.4) is 0 Å². The van der Waals surface area contributed by atoms with Crippen molar-refractivity contribution in [3.05, 3.63) is 11.2 Å². The summed E-state index contributed by atoms with van der Waals surface area (Å²) in [7, 11) is -0.291. The Morgan fingerprint density at radius 3 is 2.62 bits per heavy atom. The topological polar surface area (TPSA) is 85.8 Å². The molecular weight excluding hydrogens is 256 g/mol. The second-order valence-corrected chi connectivity index (χ2v) is 5.56. The monoisotopic (exact) mass is 266 g/mol. The highest BCUT2D eigenvalue weighted by Gasteiger charge is 2.30. The molecule has 9 heteroatoms. The van der Waals surface area contributed by atoms with E-state index in [0.29, 0.717) is 4.47 Å². The van der Waals surface area contributed by atoms with Crippen molar-refractivity contribution in [1.29, 1.82) is 0 Å². The third-order valence-electron chi connectivity index (χ3n) is 1.74. The van der Waals surface area contributed by atoms with Crippen LogP contribution in [0.2, 0.25) is 0 Å². The van der Waals surface area contributed by atoms with Gasteiger partial charge in [-0.15, -0.1) is 11.3 Å². The van der Waals surface area contributed by atoms with Crippen LogP contribution in [0.25, 0.3) is 0 Å². The molecule has 0 unspecified atom stereocenters. The van der Waals surface area contributed by atoms with E-state index in [0.717, 1.165) is 18.4 Å². The maximum atomic E-state index is 11.8. The van der Waals surface area contributed by atoms with Crippen LogP contribution in [0.4, 0.5) is 0 Å². The number of hydroxylamine groups is 1. The van der Waals surface area contributed by atoms with Gasteiger partial charge in [0.25, 0.3) is 10.0 Å². The van der Waals surface area contributed by atoms with E-state index < -0.39 is 16.0 Å². The maximum absolute atomic E-state index is 11.8. The Hall–Kier alpha value is -1.03. The molecule has 1 aromatic heterocycles. The van der Waals surface area contributed by atoms with E-state index in [-0.39, 0.29) is 9.90 Å². The van der Waals surface area contributed by atoms with Crippen LogP contribution in [-0.4, -0.2) is 45.1 Å². The third kappa shape index (κ3) is 2.21. The molecule has 7 nitrogen and oxygen atoms in total. The van der Waals surface area contributed by atoms with Crippen molar-refractivity contribution < 1.29 is 22.8 Å². The number of carbonyl (C=O) groups is 1. The SMILES string of the molecule is COC(=O)c1ncsc1S(=O)(=O)N(C)OC. The second-order valence-electron chi connectivity index (χ2n) is 2.58. The lowest BCUT2D eigenvalue weighted by Gasteiger charge is -2.12. The molecule has 16 heavy (non-hydrogen) atoms. The Morgan fingerprint density at radius 2 is 2.12 bits per heavy atom. The first-order valence-electron chi connectivity index (χ1n) is 4.00. The number of esters is 1. The highest BCUT2D eigenvalue weighted by Crippen LogP contribution is 2.23. The van der Waals surface area contributed by atoms with Gasteiger partial charge in [-0.05, 0) is 0 Å². The van der Waals surface area contributed by atoms with Crippen molar-refractivity contribution in [2.24, 2.45) is 0 Å². The fraction of sp³-hybridized carbons (Fsp3) is 0.429. The Labute approximate surface area is 96.6 Å². The minimum atomic E-state index is -3.87. The lowest BCUT2D eigenvalue weighted by Crippen LogP contribution is -2.26. The normalized spacial score (nSPS) is 11.8. The summed E-state index contributed by atoms with van der Waals surface area (Å²) in [4.78, 5) is 19.5. The summed E-state index contributed by atoms with van der Waals surface area (Å²) in [5.41, 5.74) is 1.01. The number of methoxy groups -OCH3 is 1. The molecule has 1 heterocycles. The summed E-state index contributed by atoms with van der Waals surface area (Å²) in [6.45, 7) is 0. The van der Waals surface area contributed by atoms with Crippen molar-refractivity contribution in [1.82, 2.24) is 9.45 Å². The number of rotatable bonds is 4. The van der Waals surface area contributed by atoms with Crippen LogP contribution in [0.5, 0.6) is 0 Å². The van der Waals surface area contributed by atoms with E-state index in [4.69, 9.17) is 0 Å². The molecule has 0 bridgehead atoms. The van der Waals surface area contributed by atoms with Crippen molar-refractivity contribution in [3.63, 3.8) is 0 Å². The molecule has 0 aliphatic heterocycles. The number of aromatic nitrogens is 1. The standard InChI is InChI=1S/C7H10N2O5S2/c1-9(14-3)16(11,12)7-5(6(10)13-2)8-4-15-7/h4H,1-3H3. The lowest BCUT2D eigenvalue weighted by atomic mass is 10.5. The van der Waals surface area contributed by atoms with Crippen LogP contribution in [-0.2, 0) is 19.6 Å². The van der Waals surface area contributed by atoms with Crippen molar-refractivity contribution >= 4 is 27.3 Å². The van der Waals surface area contributed by atoms with Gasteiger partial charge in [-0.3, -0.25) is 4.84 Å². The molecule has 0 saturated heterocycles. The Bertz CT molecular complexity index is 481. The van der Waals surface area contributed by atoms with E-state index in [1.165, 1.54) is 19.7 Å². The highest BCUT2D eigenvalue weighted by atomic mass is 32.2. The number of nitrogens with zero attached hydrogens (tertiary/aromatic N) is 2. The van der Waals surface area contributed by atoms with Crippen molar-refractivity contribution in [2.45, 2.75) is 4.21 Å². The summed E-state index contributed by atoms with van der Waals surface area (Å²) in [5, 5.41) is 0. The molecule has 0 saturated carbocycles. The molecule has 90 valence electrons. The van der Waals surface area contributed by atoms with E-state index in [1.54, 1.807) is 0 Å². The number of sulfonamides is 1. The third-order valence-corrected chi connectivity index (χ3v) is 4.77. The molecule has 0 atom stereocenters. The van der Waals surface area contributed by atoms with Gasteiger partial charge in [0.2, 0.25) is 0 Å². The van der Waals surface area contributed by atoms with E-state index >= 15 is 0 Å². The van der Waals surface area contributed by atoms with Crippen LogP contribution in [0, 0.1) is 0 Å². The Balaban J connectivity index is 3.25. The summed E-state index contributed by atoms with van der Waals surface area (Å²) < 4.78 is 28.5. The van der Waals surface area contributed by atoms with Gasteiger partial charge in [0, 0.05) is 7.05 Å². The predicted octanol–water partition coefficient (Wildman–Crippen LogP) is 0.112. The number of ether oxygens (including phenoxy) is 1. The van der Waals surface area contributed by atoms with Crippen LogP contribution in [0.15, 0.2) is 9.72 Å². The average Bonchev–Trinajstić information content (AvgIpc) is 2.76. The average molecular weight is 266 g/mol. The predicted molar refractivity (Wildman–Crippen MR) is 55.4 cm³/mol. The molecule has 0 N–H and O–H groups in total. The Kier molecular flexibility index (Phi) is 3.97. The maximum Gasteiger partial charge on any atom is 0.358 e. The van der Waals surface area contributed by atoms with Gasteiger partial charge in [-0.2, -0.15) is 0 Å². The quantitative estimate of drug-likeness (QED) is 0.568. The summed E-state index contributed by atoms with van der Waals surface area (Å²) in [6, 6.07) is 0. The van der Waals surface area contributed by atoms with Gasteiger partial charge in [-0.25, -0.2) is 18.2 Å². The first-order chi connectivity index (χ1) is 7.45. The highest BCUT2D eigenvalue weighted by molar-refractivity contribution is 7.91. The Morgan fingerprint density at radius 1 is 1.50 bits per heavy atom. The van der Waals surface area contributed by atoms with E-state index in [9.17, 15) is 13.2 Å². The second kappa shape index (κ2) is 4.87. The summed E-state index contributed by atoms with van der Waals surface area (Å²) in [6.07, 6.45) is 0. The molecule has 0 aromatic carbocycles. The van der Waals surface area contributed by atoms with Gasteiger partial charge in [0.05, 0.1) is 19.7 Å². The largest absolute Gasteiger partial charge is 0.464 e. The van der Waals surface area contributed by atoms with Crippen LogP contribution >= 0.6 is 11.3 Å². The first kappa shape index (κ1) is 13.0. The van der Waals surface area contributed by atoms with Gasteiger partial charge >= 0.3 is 5.97 Å². The van der Waals surface area contributed by atoms with E-state index in [1.807, 2.05) is 0 Å². The minimum Gasteiger partial charge on any atom is -0.464 e. The molecule has 1 aromatic rings. The van der Waals surface area contributed by atoms with Crippen molar-refractivity contribution in [3.8, 4) is 0 Å². The van der Waals surface area contributed by atoms with E-state index in [2.05, 4.69) is 14.6 Å². The van der Waals surface area contributed by atoms with Gasteiger partial charge < -0.3 is 4.74 Å². The molecule has 0 fully saturated rings. The molecule has 0 spiro atoms. The zero-order chi connectivity index (χ0) is 12.3. The van der Waals surface area contributed by atoms with Crippen molar-refractivity contribution in [2.75, 3.05) is 21.3 Å². The molecule has 0 amide bonds.